The Morgan fingerprint density at radius 3 is 2.72 bits per heavy atom. The number of fused-ring (bicyclic) bond motifs is 1. The highest BCUT2D eigenvalue weighted by Crippen LogP contribution is 2.46. The first-order chi connectivity index (χ1) is 17.2. The number of anilines is 2. The third-order valence-electron chi connectivity index (χ3n) is 5.70. The van der Waals surface area contributed by atoms with Gasteiger partial charge < -0.3 is 4.90 Å². The van der Waals surface area contributed by atoms with Gasteiger partial charge in [0.1, 0.15) is 14.2 Å². The Labute approximate surface area is 218 Å². The largest absolute Gasteiger partial charge is 0.337 e. The molecule has 0 bridgehead atoms. The number of non-ortho nitro benzene ring substituents is 1. The lowest BCUT2D eigenvalue weighted by Crippen LogP contribution is -2.35. The molecule has 3 aromatic rings. The van der Waals surface area contributed by atoms with Crippen molar-refractivity contribution in [2.75, 3.05) is 17.0 Å². The van der Waals surface area contributed by atoms with Gasteiger partial charge in [0.15, 0.2) is 0 Å². The number of allylic oxidation sites excluding steroid dienone is 1. The maximum absolute atomic E-state index is 13.6. The average molecular weight is 540 g/mol. The Morgan fingerprint density at radius 1 is 1.22 bits per heavy atom. The van der Waals surface area contributed by atoms with Crippen molar-refractivity contribution in [3.8, 4) is 0 Å². The van der Waals surface area contributed by atoms with E-state index in [1.54, 1.807) is 25.1 Å². The number of benzene rings is 2. The van der Waals surface area contributed by atoms with Crippen LogP contribution in [0, 0.1) is 10.1 Å². The molecular weight excluding hydrogens is 522 g/mol. The summed E-state index contributed by atoms with van der Waals surface area (Å²) in [7, 11) is 1.87. The number of nitro benzene ring substituents is 1. The molecule has 0 unspecified atom stereocenters. The summed E-state index contributed by atoms with van der Waals surface area (Å²) >= 11 is 8.85. The number of nitro groups is 1. The normalized spacial score (nSPS) is 18.0. The molecule has 0 saturated heterocycles. The van der Waals surface area contributed by atoms with E-state index in [4.69, 9.17) is 11.6 Å². The zero-order valence-corrected chi connectivity index (χ0v) is 21.5. The summed E-state index contributed by atoms with van der Waals surface area (Å²) in [4.78, 5) is 40.6. The molecule has 36 heavy (non-hydrogen) atoms. The molecule has 0 N–H and O–H groups in total. The number of aromatic nitrogens is 1. The number of halogens is 1. The van der Waals surface area contributed by atoms with Crippen molar-refractivity contribution >= 4 is 74.0 Å². The second kappa shape index (κ2) is 9.08. The van der Waals surface area contributed by atoms with Crippen molar-refractivity contribution in [1.82, 2.24) is 4.57 Å². The van der Waals surface area contributed by atoms with Crippen LogP contribution in [0.3, 0.4) is 0 Å². The number of carbonyl (C=O) groups is 1. The van der Waals surface area contributed by atoms with Crippen LogP contribution in [0.15, 0.2) is 69.9 Å². The number of amides is 1. The van der Waals surface area contributed by atoms with Gasteiger partial charge in [-0.3, -0.25) is 24.3 Å². The van der Waals surface area contributed by atoms with Gasteiger partial charge in [0, 0.05) is 35.6 Å². The summed E-state index contributed by atoms with van der Waals surface area (Å²) < 4.78 is 2.44. The molecule has 1 amide bonds. The quantitative estimate of drug-likeness (QED) is 0.285. The van der Waals surface area contributed by atoms with Gasteiger partial charge in [-0.15, -0.1) is 17.9 Å². The van der Waals surface area contributed by atoms with Crippen LogP contribution in [-0.4, -0.2) is 28.2 Å². The standard InChI is InChI=1S/C24H18ClN5O4S2/c1-4-10-28-22(32)20(24-27(3)17-11-14(25)8-9-18(17)35-24)36-23(28)19-13(2)26-29(21(19)31)15-6-5-7-16(12-15)30(33)34/h4-9,11-12H,1,10H2,2-3H3. The average Bonchev–Trinajstić information content (AvgIpc) is 3.45. The smallest absolute Gasteiger partial charge is 0.283 e. The minimum Gasteiger partial charge on any atom is -0.337 e. The molecule has 0 fully saturated rings. The molecule has 0 saturated carbocycles. The van der Waals surface area contributed by atoms with Gasteiger partial charge in [0.05, 0.1) is 27.6 Å². The van der Waals surface area contributed by atoms with Gasteiger partial charge in [0.25, 0.3) is 17.2 Å². The van der Waals surface area contributed by atoms with Crippen molar-refractivity contribution < 1.29 is 9.72 Å². The maximum Gasteiger partial charge on any atom is 0.283 e. The number of carbonyl (C=O) groups excluding carboxylic acids is 1. The SMILES string of the molecule is C=CCn1c(=C2C(=O)N(c3cccc([N+](=O)[O-])c3)N=C2C)sc(=C2Sc3ccc(Cl)cc3N2C)c1=O. The van der Waals surface area contributed by atoms with Crippen LogP contribution >= 0.6 is 34.7 Å². The van der Waals surface area contributed by atoms with Crippen LogP contribution < -0.4 is 24.7 Å². The molecule has 0 atom stereocenters. The number of hydrogen-bond acceptors (Lipinski definition) is 8. The van der Waals surface area contributed by atoms with Crippen LogP contribution in [0.4, 0.5) is 17.1 Å². The second-order valence-electron chi connectivity index (χ2n) is 7.97. The maximum atomic E-state index is 13.6. The zero-order chi connectivity index (χ0) is 25.7. The van der Waals surface area contributed by atoms with Gasteiger partial charge in [-0.25, -0.2) is 0 Å². The predicted octanol–water partition coefficient (Wildman–Crippen LogP) is 3.54. The predicted molar refractivity (Wildman–Crippen MR) is 144 cm³/mol. The van der Waals surface area contributed by atoms with E-state index in [9.17, 15) is 19.7 Å². The molecule has 0 aliphatic carbocycles. The molecular formula is C24H18ClN5O4S2. The second-order valence-corrected chi connectivity index (χ2v) is 10.4. The molecule has 2 aliphatic rings. The van der Waals surface area contributed by atoms with E-state index in [0.29, 0.717) is 19.9 Å². The Morgan fingerprint density at radius 2 is 2.00 bits per heavy atom. The lowest BCUT2D eigenvalue weighted by Gasteiger charge is -2.12. The summed E-state index contributed by atoms with van der Waals surface area (Å²) in [5.74, 6) is -0.467. The third kappa shape index (κ3) is 3.85. The number of hydrogen-bond donors (Lipinski definition) is 0. The molecule has 2 aromatic carbocycles. The van der Waals surface area contributed by atoms with E-state index in [-0.39, 0.29) is 29.1 Å². The number of thiazole rings is 1. The van der Waals surface area contributed by atoms with E-state index in [1.807, 2.05) is 24.1 Å². The Hall–Kier alpha value is -3.67. The third-order valence-corrected chi connectivity index (χ3v) is 8.49. The molecule has 5 rings (SSSR count). The Balaban J connectivity index is 1.70. The van der Waals surface area contributed by atoms with E-state index in [0.717, 1.165) is 20.6 Å². The van der Waals surface area contributed by atoms with E-state index in [1.165, 1.54) is 45.9 Å². The van der Waals surface area contributed by atoms with Crippen molar-refractivity contribution in [2.45, 2.75) is 18.4 Å². The summed E-state index contributed by atoms with van der Waals surface area (Å²) in [5, 5.41) is 18.0. The Kier molecular flexibility index (Phi) is 6.07. The number of thioether (sulfide) groups is 1. The number of hydrazone groups is 1. The van der Waals surface area contributed by atoms with Gasteiger partial charge in [-0.1, -0.05) is 35.5 Å². The summed E-state index contributed by atoms with van der Waals surface area (Å²) in [5.41, 5.74) is 1.44. The fourth-order valence-electron chi connectivity index (χ4n) is 4.01. The topological polar surface area (TPSA) is 101 Å². The summed E-state index contributed by atoms with van der Waals surface area (Å²) in [6, 6.07) is 11.3. The monoisotopic (exact) mass is 539 g/mol. The van der Waals surface area contributed by atoms with Crippen LogP contribution in [-0.2, 0) is 11.3 Å². The van der Waals surface area contributed by atoms with Crippen LogP contribution in [0.1, 0.15) is 6.92 Å². The number of rotatable bonds is 4. The molecule has 1 aromatic heterocycles. The zero-order valence-electron chi connectivity index (χ0n) is 19.1. The lowest BCUT2D eigenvalue weighted by molar-refractivity contribution is -0.384. The van der Waals surface area contributed by atoms with Crippen molar-refractivity contribution in [3.63, 3.8) is 0 Å². The number of nitrogens with zero attached hydrogens (tertiary/aromatic N) is 5. The highest BCUT2D eigenvalue weighted by molar-refractivity contribution is 8.08. The minimum atomic E-state index is -0.531. The lowest BCUT2D eigenvalue weighted by atomic mass is 10.2. The van der Waals surface area contributed by atoms with Crippen LogP contribution in [0.25, 0.3) is 10.6 Å². The van der Waals surface area contributed by atoms with E-state index < -0.39 is 10.8 Å². The fraction of sp³-hybridized carbons (Fsp3) is 0.125. The Bertz CT molecular complexity index is 1690. The van der Waals surface area contributed by atoms with Gasteiger partial charge in [-0.2, -0.15) is 10.1 Å². The molecule has 182 valence electrons. The molecule has 3 heterocycles. The van der Waals surface area contributed by atoms with Gasteiger partial charge >= 0.3 is 0 Å². The van der Waals surface area contributed by atoms with E-state index >= 15 is 0 Å². The van der Waals surface area contributed by atoms with Gasteiger partial charge in [-0.05, 0) is 31.2 Å². The van der Waals surface area contributed by atoms with Crippen molar-refractivity contribution in [1.29, 1.82) is 0 Å². The first-order valence-corrected chi connectivity index (χ1v) is 12.7. The molecule has 9 nitrogen and oxygen atoms in total. The van der Waals surface area contributed by atoms with Crippen LogP contribution in [0.2, 0.25) is 5.02 Å². The van der Waals surface area contributed by atoms with E-state index in [2.05, 4.69) is 11.7 Å². The van der Waals surface area contributed by atoms with Gasteiger partial charge in [0.2, 0.25) is 0 Å². The molecule has 0 spiro atoms. The molecule has 12 heteroatoms. The highest BCUT2D eigenvalue weighted by atomic mass is 35.5. The van der Waals surface area contributed by atoms with Crippen LogP contribution in [0.5, 0.6) is 0 Å². The van der Waals surface area contributed by atoms with Crippen molar-refractivity contribution in [3.05, 3.63) is 89.8 Å². The summed E-state index contributed by atoms with van der Waals surface area (Å²) in [6.07, 6.45) is 1.59. The van der Waals surface area contributed by atoms with Crippen molar-refractivity contribution in [2.24, 2.45) is 5.10 Å². The minimum absolute atomic E-state index is 0.152. The first-order valence-electron chi connectivity index (χ1n) is 10.7. The first kappa shape index (κ1) is 24.0. The molecule has 0 radical (unpaired) electrons. The summed E-state index contributed by atoms with van der Waals surface area (Å²) in [6.45, 7) is 5.64. The fourth-order valence-corrected chi connectivity index (χ4v) is 6.71. The molecule has 2 aliphatic heterocycles. The highest BCUT2D eigenvalue weighted by Gasteiger charge is 2.33.